The van der Waals surface area contributed by atoms with Crippen LogP contribution >= 0.6 is 0 Å². The zero-order valence-corrected chi connectivity index (χ0v) is 10.1. The van der Waals surface area contributed by atoms with E-state index < -0.39 is 0 Å². The molecule has 0 saturated carbocycles. The number of aromatic nitrogens is 1. The van der Waals surface area contributed by atoms with Gasteiger partial charge in [0.05, 0.1) is 5.52 Å². The lowest BCUT2D eigenvalue weighted by molar-refractivity contribution is -0.115. The first-order valence-electron chi connectivity index (χ1n) is 5.43. The van der Waals surface area contributed by atoms with Gasteiger partial charge < -0.3 is 5.41 Å². The summed E-state index contributed by atoms with van der Waals surface area (Å²) in [6.07, 6.45) is 2.11. The molecule has 88 valence electrons. The maximum absolute atomic E-state index is 10.1. The number of nitrogens with zero attached hydrogens (tertiary/aromatic N) is 1. The average Bonchev–Trinajstić information content (AvgIpc) is 2.28. The second-order valence-electron chi connectivity index (χ2n) is 3.86. The summed E-state index contributed by atoms with van der Waals surface area (Å²) in [6.45, 7) is 3.11. The van der Waals surface area contributed by atoms with Crippen LogP contribution in [-0.4, -0.2) is 16.5 Å². The highest BCUT2D eigenvalue weighted by molar-refractivity contribution is 5.98. The van der Waals surface area contributed by atoms with Crippen LogP contribution in [0.2, 0.25) is 0 Å². The molecule has 0 fully saturated rings. The molecule has 0 saturated heterocycles. The number of hydrogen-bond donors (Lipinski definition) is 1. The monoisotopic (exact) mass is 228 g/mol. The number of ketones is 1. The van der Waals surface area contributed by atoms with E-state index in [1.165, 1.54) is 12.3 Å². The van der Waals surface area contributed by atoms with Gasteiger partial charge >= 0.3 is 0 Å². The molecule has 1 aromatic carbocycles. The first-order chi connectivity index (χ1) is 8.09. The SMILES string of the molecule is CC(=N)CC(C)=O.c1ccc2ncccc2c1. The molecule has 0 unspecified atom stereocenters. The van der Waals surface area contributed by atoms with Crippen molar-refractivity contribution in [1.29, 1.82) is 5.41 Å². The molecule has 2 rings (SSSR count). The third kappa shape index (κ3) is 5.02. The molecule has 1 heterocycles. The Kier molecular flexibility index (Phi) is 5.01. The summed E-state index contributed by atoms with van der Waals surface area (Å²) in [4.78, 5) is 14.3. The number of fused-ring (bicyclic) bond motifs is 1. The minimum absolute atomic E-state index is 0.0625. The summed E-state index contributed by atoms with van der Waals surface area (Å²) in [5.41, 5.74) is 1.50. The van der Waals surface area contributed by atoms with Crippen molar-refractivity contribution >= 4 is 22.4 Å². The molecule has 0 aliphatic carbocycles. The predicted molar refractivity (Wildman–Crippen MR) is 70.4 cm³/mol. The first-order valence-corrected chi connectivity index (χ1v) is 5.43. The molecular weight excluding hydrogens is 212 g/mol. The zero-order valence-electron chi connectivity index (χ0n) is 10.1. The molecule has 0 bridgehead atoms. The van der Waals surface area contributed by atoms with Crippen molar-refractivity contribution < 1.29 is 4.79 Å². The Morgan fingerprint density at radius 3 is 2.35 bits per heavy atom. The second kappa shape index (κ2) is 6.53. The summed E-state index contributed by atoms with van der Waals surface area (Å²) < 4.78 is 0. The van der Waals surface area contributed by atoms with Gasteiger partial charge in [-0.25, -0.2) is 0 Å². The molecule has 1 aromatic heterocycles. The molecule has 0 spiro atoms. The number of benzene rings is 1. The van der Waals surface area contributed by atoms with Crippen molar-refractivity contribution in [2.75, 3.05) is 0 Å². The Hall–Kier alpha value is -2.03. The van der Waals surface area contributed by atoms with E-state index in [1.807, 2.05) is 30.5 Å². The number of nitrogens with one attached hydrogen (secondary N) is 1. The van der Waals surface area contributed by atoms with Crippen LogP contribution in [0.25, 0.3) is 10.9 Å². The number of pyridine rings is 1. The van der Waals surface area contributed by atoms with Crippen molar-refractivity contribution in [2.45, 2.75) is 20.3 Å². The van der Waals surface area contributed by atoms with E-state index >= 15 is 0 Å². The van der Waals surface area contributed by atoms with Gasteiger partial charge in [-0.15, -0.1) is 0 Å². The third-order valence-electron chi connectivity index (χ3n) is 2.03. The van der Waals surface area contributed by atoms with Crippen molar-refractivity contribution in [2.24, 2.45) is 0 Å². The van der Waals surface area contributed by atoms with Crippen molar-refractivity contribution in [3.05, 3.63) is 42.6 Å². The quantitative estimate of drug-likeness (QED) is 0.802. The summed E-state index contributed by atoms with van der Waals surface area (Å²) >= 11 is 0. The van der Waals surface area contributed by atoms with Gasteiger partial charge in [-0.2, -0.15) is 0 Å². The summed E-state index contributed by atoms with van der Waals surface area (Å²) in [5, 5.41) is 8.00. The van der Waals surface area contributed by atoms with Gasteiger partial charge in [-0.1, -0.05) is 24.3 Å². The van der Waals surface area contributed by atoms with Crippen LogP contribution in [0.3, 0.4) is 0 Å². The minimum atomic E-state index is 0.0625. The lowest BCUT2D eigenvalue weighted by Crippen LogP contribution is -1.96. The van der Waals surface area contributed by atoms with Crippen LogP contribution in [0.1, 0.15) is 20.3 Å². The average molecular weight is 228 g/mol. The van der Waals surface area contributed by atoms with E-state index in [4.69, 9.17) is 5.41 Å². The summed E-state index contributed by atoms with van der Waals surface area (Å²) in [7, 11) is 0. The van der Waals surface area contributed by atoms with E-state index in [-0.39, 0.29) is 5.78 Å². The Morgan fingerprint density at radius 1 is 1.18 bits per heavy atom. The second-order valence-corrected chi connectivity index (χ2v) is 3.86. The molecule has 0 aliphatic rings. The minimum Gasteiger partial charge on any atom is -0.310 e. The smallest absolute Gasteiger partial charge is 0.135 e. The van der Waals surface area contributed by atoms with E-state index in [0.717, 1.165) is 5.52 Å². The highest BCUT2D eigenvalue weighted by Gasteiger charge is 1.91. The van der Waals surface area contributed by atoms with Gasteiger partial charge in [-0.3, -0.25) is 9.78 Å². The third-order valence-corrected chi connectivity index (χ3v) is 2.03. The van der Waals surface area contributed by atoms with Crippen molar-refractivity contribution in [3.8, 4) is 0 Å². The van der Waals surface area contributed by atoms with Gasteiger partial charge in [0.15, 0.2) is 0 Å². The Bertz CT molecular complexity index is 443. The maximum Gasteiger partial charge on any atom is 0.135 e. The first kappa shape index (κ1) is 13.0. The molecule has 17 heavy (non-hydrogen) atoms. The molecule has 0 atom stereocenters. The summed E-state index contributed by atoms with van der Waals surface area (Å²) in [6, 6.07) is 12.1. The number of carbonyl (C=O) groups is 1. The molecule has 2 aromatic rings. The molecule has 3 heteroatoms. The van der Waals surface area contributed by atoms with Gasteiger partial charge in [0.25, 0.3) is 0 Å². The van der Waals surface area contributed by atoms with Crippen LogP contribution in [0.5, 0.6) is 0 Å². The molecule has 0 amide bonds. The molecular formula is C14H16N2O. The van der Waals surface area contributed by atoms with Gasteiger partial charge in [0.1, 0.15) is 5.78 Å². The fourth-order valence-electron chi connectivity index (χ4n) is 1.39. The predicted octanol–water partition coefficient (Wildman–Crippen LogP) is 3.24. The van der Waals surface area contributed by atoms with Crippen molar-refractivity contribution in [3.63, 3.8) is 0 Å². The van der Waals surface area contributed by atoms with E-state index in [0.29, 0.717) is 12.1 Å². The standard InChI is InChI=1S/C9H7N.C5H9NO/c1-2-6-9-8(4-1)5-3-7-10-9;1-4(6)3-5(2)7/h1-7H;6H,3H2,1-2H3. The number of Topliss-reactive ketones (excluding diaryl/α,β-unsaturated/α-hetero) is 1. The van der Waals surface area contributed by atoms with Crippen LogP contribution < -0.4 is 0 Å². The molecule has 0 radical (unpaired) electrons. The largest absolute Gasteiger partial charge is 0.310 e. The normalized spacial score (nSPS) is 9.29. The van der Waals surface area contributed by atoms with Crippen molar-refractivity contribution in [1.82, 2.24) is 4.98 Å². The fourth-order valence-corrected chi connectivity index (χ4v) is 1.39. The lowest BCUT2D eigenvalue weighted by atomic mass is 10.2. The van der Waals surface area contributed by atoms with Crippen LogP contribution in [-0.2, 0) is 4.79 Å². The summed E-state index contributed by atoms with van der Waals surface area (Å²) in [5.74, 6) is 0.0625. The zero-order chi connectivity index (χ0) is 12.7. The molecule has 3 nitrogen and oxygen atoms in total. The lowest BCUT2D eigenvalue weighted by Gasteiger charge is -1.91. The number of rotatable bonds is 2. The Balaban J connectivity index is 0.000000185. The van der Waals surface area contributed by atoms with Gasteiger partial charge in [0, 0.05) is 23.7 Å². The number of para-hydroxylation sites is 1. The maximum atomic E-state index is 10.1. The topological polar surface area (TPSA) is 53.8 Å². The van der Waals surface area contributed by atoms with E-state index in [1.54, 1.807) is 6.92 Å². The van der Waals surface area contributed by atoms with E-state index in [2.05, 4.69) is 17.1 Å². The highest BCUT2D eigenvalue weighted by Crippen LogP contribution is 2.07. The van der Waals surface area contributed by atoms with Crippen LogP contribution in [0.15, 0.2) is 42.6 Å². The molecule has 0 aliphatic heterocycles. The molecule has 1 N–H and O–H groups in total. The fraction of sp³-hybridized carbons (Fsp3) is 0.214. The van der Waals surface area contributed by atoms with E-state index in [9.17, 15) is 4.79 Å². The Morgan fingerprint density at radius 2 is 1.82 bits per heavy atom. The number of carbonyl (C=O) groups excluding carboxylic acids is 1. The van der Waals surface area contributed by atoms with Crippen LogP contribution in [0.4, 0.5) is 0 Å². The Labute approximate surface area is 101 Å². The number of hydrogen-bond acceptors (Lipinski definition) is 3. The van der Waals surface area contributed by atoms with Gasteiger partial charge in [0.2, 0.25) is 0 Å². The van der Waals surface area contributed by atoms with Crippen LogP contribution in [0, 0.1) is 5.41 Å². The van der Waals surface area contributed by atoms with Gasteiger partial charge in [-0.05, 0) is 26.0 Å². The highest BCUT2D eigenvalue weighted by atomic mass is 16.1.